The smallest absolute Gasteiger partial charge is 0.317 e. The molecule has 2 amide bonds. The number of nitrogens with zero attached hydrogens (tertiary/aromatic N) is 2. The Balaban J connectivity index is 2.30. The summed E-state index contributed by atoms with van der Waals surface area (Å²) in [6.45, 7) is 6.85. The van der Waals surface area contributed by atoms with Crippen LogP contribution in [0.5, 0.6) is 0 Å². The van der Waals surface area contributed by atoms with Crippen molar-refractivity contribution in [1.82, 2.24) is 15.1 Å². The molecule has 1 aliphatic rings. The van der Waals surface area contributed by atoms with Crippen LogP contribution in [0.1, 0.15) is 13.3 Å². The molecule has 0 radical (unpaired) electrons. The third-order valence-corrected chi connectivity index (χ3v) is 2.68. The molecule has 1 heterocycles. The lowest BCUT2D eigenvalue weighted by molar-refractivity contribution is 0.206. The van der Waals surface area contributed by atoms with E-state index in [9.17, 15) is 4.79 Å². The number of hydrogen-bond acceptors (Lipinski definition) is 3. The van der Waals surface area contributed by atoms with Crippen LogP contribution in [0.2, 0.25) is 0 Å². The molecule has 0 atom stereocenters. The van der Waals surface area contributed by atoms with Crippen molar-refractivity contribution in [1.29, 1.82) is 0 Å². The molecule has 1 fully saturated rings. The summed E-state index contributed by atoms with van der Waals surface area (Å²) in [7, 11) is 0. The van der Waals surface area contributed by atoms with Gasteiger partial charge in [0, 0.05) is 32.7 Å². The maximum atomic E-state index is 11.3. The van der Waals surface area contributed by atoms with Crippen molar-refractivity contribution in [2.45, 2.75) is 13.3 Å². The lowest BCUT2D eigenvalue weighted by Gasteiger charge is -2.23. The van der Waals surface area contributed by atoms with Crippen molar-refractivity contribution in [3.63, 3.8) is 0 Å². The Kier molecular flexibility index (Phi) is 5.48. The maximum absolute atomic E-state index is 11.3. The number of thiocarbonyl (C=S) groups is 1. The minimum absolute atomic E-state index is 0.0340. The van der Waals surface area contributed by atoms with Gasteiger partial charge >= 0.3 is 6.03 Å². The van der Waals surface area contributed by atoms with Crippen molar-refractivity contribution < 1.29 is 4.79 Å². The van der Waals surface area contributed by atoms with Gasteiger partial charge < -0.3 is 16.0 Å². The van der Waals surface area contributed by atoms with Crippen LogP contribution in [0.25, 0.3) is 0 Å². The summed E-state index contributed by atoms with van der Waals surface area (Å²) >= 11 is 4.90. The van der Waals surface area contributed by atoms with Crippen LogP contribution in [0, 0.1) is 0 Å². The fourth-order valence-electron chi connectivity index (χ4n) is 1.79. The molecule has 16 heavy (non-hydrogen) atoms. The van der Waals surface area contributed by atoms with Gasteiger partial charge in [-0.3, -0.25) is 4.90 Å². The van der Waals surface area contributed by atoms with Gasteiger partial charge in [0.05, 0.1) is 4.99 Å². The number of hydrogen-bond donors (Lipinski definition) is 2. The second-order valence-corrected chi connectivity index (χ2v) is 4.49. The molecule has 0 aromatic heterocycles. The van der Waals surface area contributed by atoms with Crippen molar-refractivity contribution in [2.24, 2.45) is 5.73 Å². The first kappa shape index (κ1) is 13.2. The molecule has 1 aliphatic heterocycles. The largest absolute Gasteiger partial charge is 0.392 e. The van der Waals surface area contributed by atoms with Gasteiger partial charge in [-0.2, -0.15) is 0 Å². The van der Waals surface area contributed by atoms with E-state index in [1.165, 1.54) is 0 Å². The zero-order chi connectivity index (χ0) is 12.0. The molecule has 0 aromatic carbocycles. The van der Waals surface area contributed by atoms with E-state index in [0.29, 0.717) is 11.5 Å². The summed E-state index contributed by atoms with van der Waals surface area (Å²) in [6.07, 6.45) is 1.06. The monoisotopic (exact) mass is 244 g/mol. The van der Waals surface area contributed by atoms with Crippen molar-refractivity contribution in [2.75, 3.05) is 39.3 Å². The average molecular weight is 244 g/mol. The molecule has 0 spiro atoms. The highest BCUT2D eigenvalue weighted by molar-refractivity contribution is 7.80. The summed E-state index contributed by atoms with van der Waals surface area (Å²) < 4.78 is 0. The Labute approximate surface area is 102 Å². The predicted molar refractivity (Wildman–Crippen MR) is 68.5 cm³/mol. The van der Waals surface area contributed by atoms with Crippen molar-refractivity contribution >= 4 is 23.2 Å². The van der Waals surface area contributed by atoms with Crippen LogP contribution >= 0.6 is 12.2 Å². The molecule has 0 aliphatic carbocycles. The Bertz CT molecular complexity index is 259. The quantitative estimate of drug-likeness (QED) is 0.619. The summed E-state index contributed by atoms with van der Waals surface area (Å²) in [5, 5.41) is 2.78. The van der Waals surface area contributed by atoms with E-state index >= 15 is 0 Å². The average Bonchev–Trinajstić information content (AvgIpc) is 2.60. The zero-order valence-corrected chi connectivity index (χ0v) is 10.6. The maximum Gasteiger partial charge on any atom is 0.317 e. The number of amides is 2. The van der Waals surface area contributed by atoms with Gasteiger partial charge in [-0.25, -0.2) is 4.79 Å². The highest BCUT2D eigenvalue weighted by Gasteiger charge is 2.19. The summed E-state index contributed by atoms with van der Waals surface area (Å²) in [4.78, 5) is 15.8. The summed E-state index contributed by atoms with van der Waals surface area (Å²) in [5.41, 5.74) is 5.53. The highest BCUT2D eigenvalue weighted by atomic mass is 32.1. The number of nitrogens with two attached hydrogens (primary N) is 1. The first-order valence-corrected chi connectivity index (χ1v) is 6.07. The first-order valence-electron chi connectivity index (χ1n) is 5.67. The molecule has 1 saturated heterocycles. The van der Waals surface area contributed by atoms with Crippen LogP contribution in [-0.4, -0.2) is 60.1 Å². The first-order chi connectivity index (χ1) is 7.63. The molecule has 92 valence electrons. The van der Waals surface area contributed by atoms with Crippen LogP contribution in [-0.2, 0) is 0 Å². The molecule has 6 heteroatoms. The molecule has 0 saturated carbocycles. The molecule has 0 aromatic rings. The van der Waals surface area contributed by atoms with Crippen molar-refractivity contribution in [3.8, 4) is 0 Å². The summed E-state index contributed by atoms with van der Waals surface area (Å²) in [5.74, 6) is 0. The second kappa shape index (κ2) is 6.65. The molecular formula is C10H20N4OS. The van der Waals surface area contributed by atoms with E-state index < -0.39 is 0 Å². The molecule has 0 unspecified atom stereocenters. The normalized spacial score (nSPS) is 15.6. The van der Waals surface area contributed by atoms with Crippen molar-refractivity contribution in [3.05, 3.63) is 0 Å². The fourth-order valence-corrected chi connectivity index (χ4v) is 1.98. The predicted octanol–water partition coefficient (Wildman–Crippen LogP) is 0.00970. The minimum atomic E-state index is 0.0340. The Morgan fingerprint density at radius 3 is 2.88 bits per heavy atom. The van der Waals surface area contributed by atoms with E-state index in [-0.39, 0.29) is 6.03 Å². The Morgan fingerprint density at radius 1 is 1.62 bits per heavy atom. The van der Waals surface area contributed by atoms with Gasteiger partial charge in [0.1, 0.15) is 0 Å². The lowest BCUT2D eigenvalue weighted by atomic mass is 10.3. The van der Waals surface area contributed by atoms with Gasteiger partial charge in [-0.05, 0) is 13.0 Å². The standard InChI is InChI=1S/C10H20N4OS/c1-2-4-13(8-9(11)16)6-7-14-5-3-12-10(14)15/h2-8H2,1H3,(H2,11,16)(H,12,15). The minimum Gasteiger partial charge on any atom is -0.392 e. The van der Waals surface area contributed by atoms with E-state index in [2.05, 4.69) is 17.1 Å². The lowest BCUT2D eigenvalue weighted by Crippen LogP contribution is -2.40. The molecule has 1 rings (SSSR count). The number of carbonyl (C=O) groups excluding carboxylic acids is 1. The highest BCUT2D eigenvalue weighted by Crippen LogP contribution is 1.98. The van der Waals surface area contributed by atoms with Crippen LogP contribution in [0.3, 0.4) is 0 Å². The molecule has 5 nitrogen and oxygen atoms in total. The SMILES string of the molecule is CCCN(CCN1CCNC1=O)CC(N)=S. The second-order valence-electron chi connectivity index (χ2n) is 3.96. The third-order valence-electron chi connectivity index (χ3n) is 2.55. The summed E-state index contributed by atoms with van der Waals surface area (Å²) in [6, 6.07) is 0.0340. The van der Waals surface area contributed by atoms with E-state index in [4.69, 9.17) is 18.0 Å². The topological polar surface area (TPSA) is 61.6 Å². The zero-order valence-electron chi connectivity index (χ0n) is 9.74. The van der Waals surface area contributed by atoms with Gasteiger partial charge in [0.2, 0.25) is 0 Å². The number of nitrogens with one attached hydrogen (secondary N) is 1. The van der Waals surface area contributed by atoms with Gasteiger partial charge in [0.15, 0.2) is 0 Å². The Morgan fingerprint density at radius 2 is 2.38 bits per heavy atom. The molecular weight excluding hydrogens is 224 g/mol. The van der Waals surface area contributed by atoms with Gasteiger partial charge in [0.25, 0.3) is 0 Å². The van der Waals surface area contributed by atoms with Crippen LogP contribution in [0.4, 0.5) is 4.79 Å². The van der Waals surface area contributed by atoms with E-state index in [1.807, 2.05) is 4.90 Å². The Hall–Kier alpha value is -0.880. The van der Waals surface area contributed by atoms with E-state index in [1.54, 1.807) is 0 Å². The third kappa shape index (κ3) is 4.32. The molecule has 3 N–H and O–H groups in total. The van der Waals surface area contributed by atoms with Gasteiger partial charge in [-0.15, -0.1) is 0 Å². The van der Waals surface area contributed by atoms with Crippen LogP contribution < -0.4 is 11.1 Å². The molecule has 0 bridgehead atoms. The number of carbonyl (C=O) groups is 1. The van der Waals surface area contributed by atoms with Crippen LogP contribution in [0.15, 0.2) is 0 Å². The van der Waals surface area contributed by atoms with E-state index in [0.717, 1.165) is 39.1 Å². The number of rotatable bonds is 7. The number of urea groups is 1. The fraction of sp³-hybridized carbons (Fsp3) is 0.800. The van der Waals surface area contributed by atoms with Gasteiger partial charge in [-0.1, -0.05) is 19.1 Å².